The van der Waals surface area contributed by atoms with Gasteiger partial charge in [-0.3, -0.25) is 10.1 Å². The Bertz CT molecular complexity index is 893. The van der Waals surface area contributed by atoms with Crippen molar-refractivity contribution in [1.29, 1.82) is 0 Å². The average Bonchev–Trinajstić information content (AvgIpc) is 3.10. The lowest BCUT2D eigenvalue weighted by Gasteiger charge is -2.01. The molecule has 0 bridgehead atoms. The highest BCUT2D eigenvalue weighted by Gasteiger charge is 2.13. The normalized spacial score (nSPS) is 10.8. The summed E-state index contributed by atoms with van der Waals surface area (Å²) in [7, 11) is 0. The van der Waals surface area contributed by atoms with Crippen molar-refractivity contribution in [1.82, 2.24) is 10.2 Å². The van der Waals surface area contributed by atoms with Crippen LogP contribution in [0.5, 0.6) is 0 Å². The SMILES string of the molecule is Cc1ccc(CSc2nnc(-c3ccc(CO)cc3)o2)cc1[N+](=O)[O-]. The first-order valence-electron chi connectivity index (χ1n) is 7.47. The van der Waals surface area contributed by atoms with Gasteiger partial charge in [-0.05, 0) is 30.2 Å². The van der Waals surface area contributed by atoms with E-state index in [1.54, 1.807) is 43.3 Å². The van der Waals surface area contributed by atoms with Crippen molar-refractivity contribution < 1.29 is 14.4 Å². The summed E-state index contributed by atoms with van der Waals surface area (Å²) < 4.78 is 5.61. The van der Waals surface area contributed by atoms with E-state index >= 15 is 0 Å². The van der Waals surface area contributed by atoms with Crippen LogP contribution in [0.3, 0.4) is 0 Å². The third-order valence-electron chi connectivity index (χ3n) is 3.62. The fourth-order valence-electron chi connectivity index (χ4n) is 2.22. The topological polar surface area (TPSA) is 102 Å². The number of aliphatic hydroxyl groups is 1. The summed E-state index contributed by atoms with van der Waals surface area (Å²) in [6, 6.07) is 12.3. The van der Waals surface area contributed by atoms with Gasteiger partial charge in [-0.15, -0.1) is 10.2 Å². The Morgan fingerprint density at radius 2 is 1.88 bits per heavy atom. The van der Waals surface area contributed by atoms with Crippen LogP contribution in [0, 0.1) is 17.0 Å². The van der Waals surface area contributed by atoms with Gasteiger partial charge in [-0.25, -0.2) is 0 Å². The lowest BCUT2D eigenvalue weighted by molar-refractivity contribution is -0.385. The van der Waals surface area contributed by atoms with Crippen LogP contribution >= 0.6 is 11.8 Å². The number of aliphatic hydroxyl groups excluding tert-OH is 1. The second-order valence-electron chi connectivity index (χ2n) is 5.39. The van der Waals surface area contributed by atoms with Crippen LogP contribution in [0.2, 0.25) is 0 Å². The maximum atomic E-state index is 11.0. The quantitative estimate of drug-likeness (QED) is 0.407. The zero-order valence-electron chi connectivity index (χ0n) is 13.4. The molecule has 7 nitrogen and oxygen atoms in total. The minimum absolute atomic E-state index is 0.0199. The van der Waals surface area contributed by atoms with E-state index < -0.39 is 0 Å². The molecule has 0 saturated carbocycles. The first kappa shape index (κ1) is 17.1. The molecule has 0 radical (unpaired) electrons. The number of aromatic nitrogens is 2. The van der Waals surface area contributed by atoms with Crippen LogP contribution in [0.1, 0.15) is 16.7 Å². The highest BCUT2D eigenvalue weighted by Crippen LogP contribution is 2.28. The Hall–Kier alpha value is -2.71. The van der Waals surface area contributed by atoms with Gasteiger partial charge in [0.15, 0.2) is 0 Å². The molecule has 0 aliphatic carbocycles. The first-order valence-corrected chi connectivity index (χ1v) is 8.46. The molecule has 0 unspecified atom stereocenters. The number of thioether (sulfide) groups is 1. The predicted octanol–water partition coefficient (Wildman–Crippen LogP) is 3.74. The molecule has 0 aliphatic rings. The van der Waals surface area contributed by atoms with E-state index in [9.17, 15) is 10.1 Å². The van der Waals surface area contributed by atoms with Crippen LogP contribution in [0.15, 0.2) is 52.1 Å². The van der Waals surface area contributed by atoms with Gasteiger partial charge >= 0.3 is 0 Å². The van der Waals surface area contributed by atoms with Crippen molar-refractivity contribution in [2.24, 2.45) is 0 Å². The Balaban J connectivity index is 1.69. The van der Waals surface area contributed by atoms with E-state index in [0.29, 0.717) is 22.4 Å². The molecule has 0 aliphatic heterocycles. The zero-order chi connectivity index (χ0) is 17.8. The summed E-state index contributed by atoms with van der Waals surface area (Å²) in [4.78, 5) is 10.6. The summed E-state index contributed by atoms with van der Waals surface area (Å²) in [6.07, 6.45) is 0. The molecule has 1 N–H and O–H groups in total. The van der Waals surface area contributed by atoms with E-state index in [1.807, 2.05) is 6.07 Å². The summed E-state index contributed by atoms with van der Waals surface area (Å²) in [5.41, 5.74) is 3.12. The van der Waals surface area contributed by atoms with Crippen LogP contribution < -0.4 is 0 Å². The monoisotopic (exact) mass is 357 g/mol. The predicted molar refractivity (Wildman–Crippen MR) is 93.1 cm³/mol. The summed E-state index contributed by atoms with van der Waals surface area (Å²) >= 11 is 1.32. The Kier molecular flexibility index (Phi) is 5.11. The van der Waals surface area contributed by atoms with Gasteiger partial charge in [0, 0.05) is 22.9 Å². The van der Waals surface area contributed by atoms with Gasteiger partial charge in [0.2, 0.25) is 5.89 Å². The third kappa shape index (κ3) is 4.04. The van der Waals surface area contributed by atoms with Crippen molar-refractivity contribution in [3.63, 3.8) is 0 Å². The molecule has 0 amide bonds. The highest BCUT2D eigenvalue weighted by molar-refractivity contribution is 7.98. The minimum Gasteiger partial charge on any atom is -0.411 e. The Morgan fingerprint density at radius 3 is 2.56 bits per heavy atom. The molecule has 25 heavy (non-hydrogen) atoms. The van der Waals surface area contributed by atoms with Crippen molar-refractivity contribution in [2.45, 2.75) is 24.5 Å². The molecule has 3 rings (SSSR count). The smallest absolute Gasteiger partial charge is 0.277 e. The summed E-state index contributed by atoms with van der Waals surface area (Å²) in [6.45, 7) is 1.69. The summed E-state index contributed by atoms with van der Waals surface area (Å²) in [5.74, 6) is 0.883. The Morgan fingerprint density at radius 1 is 1.16 bits per heavy atom. The second kappa shape index (κ2) is 7.45. The van der Waals surface area contributed by atoms with Crippen LogP contribution in [0.4, 0.5) is 5.69 Å². The third-order valence-corrected chi connectivity index (χ3v) is 4.51. The Labute approximate surface area is 147 Å². The van der Waals surface area contributed by atoms with Crippen LogP contribution in [-0.2, 0) is 12.4 Å². The van der Waals surface area contributed by atoms with Gasteiger partial charge < -0.3 is 9.52 Å². The van der Waals surface area contributed by atoms with E-state index in [-0.39, 0.29) is 17.2 Å². The molecule has 0 fully saturated rings. The van der Waals surface area contributed by atoms with Gasteiger partial charge in [-0.2, -0.15) is 0 Å². The number of aryl methyl sites for hydroxylation is 1. The maximum Gasteiger partial charge on any atom is 0.277 e. The maximum absolute atomic E-state index is 11.0. The largest absolute Gasteiger partial charge is 0.411 e. The minimum atomic E-state index is -0.385. The number of rotatable bonds is 6. The number of hydrogen-bond donors (Lipinski definition) is 1. The standard InChI is InChI=1S/C17H15N3O4S/c1-11-2-3-13(8-15(11)20(22)23)10-25-17-19-18-16(24-17)14-6-4-12(9-21)5-7-14/h2-8,21H,9-10H2,1H3. The molecule has 0 saturated heterocycles. The zero-order valence-corrected chi connectivity index (χ0v) is 14.2. The number of hydrogen-bond acceptors (Lipinski definition) is 7. The molecule has 2 aromatic carbocycles. The number of nitro groups is 1. The lowest BCUT2D eigenvalue weighted by Crippen LogP contribution is -1.93. The molecule has 128 valence electrons. The van der Waals surface area contributed by atoms with Gasteiger partial charge in [-0.1, -0.05) is 36.0 Å². The molecular formula is C17H15N3O4S. The van der Waals surface area contributed by atoms with Crippen molar-refractivity contribution in [3.05, 3.63) is 69.3 Å². The van der Waals surface area contributed by atoms with Gasteiger partial charge in [0.1, 0.15) is 0 Å². The number of nitro benzene ring substituents is 1. The van der Waals surface area contributed by atoms with Crippen molar-refractivity contribution in [2.75, 3.05) is 0 Å². The van der Waals surface area contributed by atoms with Gasteiger partial charge in [0.05, 0.1) is 11.5 Å². The molecule has 1 aromatic heterocycles. The fraction of sp³-hybridized carbons (Fsp3) is 0.176. The number of nitrogens with zero attached hydrogens (tertiary/aromatic N) is 3. The number of benzene rings is 2. The van der Waals surface area contributed by atoms with Crippen molar-refractivity contribution >= 4 is 17.4 Å². The molecule has 1 heterocycles. The molecular weight excluding hydrogens is 342 g/mol. The summed E-state index contributed by atoms with van der Waals surface area (Å²) in [5, 5.41) is 28.4. The van der Waals surface area contributed by atoms with E-state index in [1.165, 1.54) is 11.8 Å². The first-order chi connectivity index (χ1) is 12.1. The second-order valence-corrected chi connectivity index (χ2v) is 6.32. The lowest BCUT2D eigenvalue weighted by atomic mass is 10.1. The van der Waals surface area contributed by atoms with Crippen molar-refractivity contribution in [3.8, 4) is 11.5 Å². The van der Waals surface area contributed by atoms with E-state index in [0.717, 1.165) is 16.7 Å². The molecule has 0 atom stereocenters. The van der Waals surface area contributed by atoms with Crippen LogP contribution in [0.25, 0.3) is 11.5 Å². The van der Waals surface area contributed by atoms with Gasteiger partial charge in [0.25, 0.3) is 10.9 Å². The molecule has 0 spiro atoms. The van der Waals surface area contributed by atoms with E-state index in [4.69, 9.17) is 9.52 Å². The molecule has 8 heteroatoms. The average molecular weight is 357 g/mol. The molecule has 3 aromatic rings. The fourth-order valence-corrected chi connectivity index (χ4v) is 2.93. The van der Waals surface area contributed by atoms with Crippen LogP contribution in [-0.4, -0.2) is 20.2 Å². The highest BCUT2D eigenvalue weighted by atomic mass is 32.2. The van der Waals surface area contributed by atoms with E-state index in [2.05, 4.69) is 10.2 Å².